The van der Waals surface area contributed by atoms with Crippen LogP contribution in [0.15, 0.2) is 18.3 Å². The quantitative estimate of drug-likeness (QED) is 0.868. The van der Waals surface area contributed by atoms with Crippen LogP contribution in [0.5, 0.6) is 0 Å². The van der Waals surface area contributed by atoms with Crippen LogP contribution in [0.3, 0.4) is 0 Å². The standard InChI is InChI=1S/C15H24N2/c1-3-12-5-7-13(9-16)15(8-12)14-6-4-11(2)17-10-14/h4,6,10,12-13,15H,3,5,7-9,16H2,1-2H3. The fraction of sp³-hybridized carbons (Fsp3) is 0.667. The second-order valence-corrected chi connectivity index (χ2v) is 5.42. The number of hydrogen-bond acceptors (Lipinski definition) is 2. The molecule has 0 radical (unpaired) electrons. The Morgan fingerprint density at radius 3 is 2.76 bits per heavy atom. The first-order valence-electron chi connectivity index (χ1n) is 6.87. The molecule has 1 aromatic heterocycles. The van der Waals surface area contributed by atoms with Crippen molar-refractivity contribution in [2.24, 2.45) is 17.6 Å². The van der Waals surface area contributed by atoms with E-state index >= 15 is 0 Å². The summed E-state index contributed by atoms with van der Waals surface area (Å²) in [5, 5.41) is 0. The summed E-state index contributed by atoms with van der Waals surface area (Å²) in [7, 11) is 0. The molecule has 1 aromatic rings. The molecule has 3 atom stereocenters. The molecular formula is C15H24N2. The Hall–Kier alpha value is -0.890. The van der Waals surface area contributed by atoms with Crippen molar-refractivity contribution in [3.05, 3.63) is 29.6 Å². The first-order chi connectivity index (χ1) is 8.24. The normalized spacial score (nSPS) is 29.2. The van der Waals surface area contributed by atoms with Gasteiger partial charge >= 0.3 is 0 Å². The van der Waals surface area contributed by atoms with Gasteiger partial charge in [0.25, 0.3) is 0 Å². The summed E-state index contributed by atoms with van der Waals surface area (Å²) in [6, 6.07) is 4.37. The summed E-state index contributed by atoms with van der Waals surface area (Å²) in [5.41, 5.74) is 8.42. The van der Waals surface area contributed by atoms with Crippen LogP contribution >= 0.6 is 0 Å². The van der Waals surface area contributed by atoms with Crippen LogP contribution in [0, 0.1) is 18.8 Å². The number of nitrogens with two attached hydrogens (primary N) is 1. The van der Waals surface area contributed by atoms with Gasteiger partial charge in [0.05, 0.1) is 0 Å². The molecule has 1 saturated carbocycles. The van der Waals surface area contributed by atoms with Crippen molar-refractivity contribution in [2.45, 2.75) is 45.4 Å². The first kappa shape index (κ1) is 12.6. The van der Waals surface area contributed by atoms with Gasteiger partial charge in [0.2, 0.25) is 0 Å². The summed E-state index contributed by atoms with van der Waals surface area (Å²) in [6.07, 6.45) is 7.29. The highest BCUT2D eigenvalue weighted by atomic mass is 14.7. The number of pyridine rings is 1. The van der Waals surface area contributed by atoms with E-state index in [9.17, 15) is 0 Å². The van der Waals surface area contributed by atoms with Crippen LogP contribution in [-0.4, -0.2) is 11.5 Å². The van der Waals surface area contributed by atoms with Crippen molar-refractivity contribution in [1.29, 1.82) is 0 Å². The summed E-state index contributed by atoms with van der Waals surface area (Å²) in [4.78, 5) is 4.43. The van der Waals surface area contributed by atoms with Gasteiger partial charge in [0.1, 0.15) is 0 Å². The Bertz CT molecular complexity index is 344. The van der Waals surface area contributed by atoms with Crippen LogP contribution in [0.2, 0.25) is 0 Å². The Labute approximate surface area is 105 Å². The smallest absolute Gasteiger partial charge is 0.0372 e. The summed E-state index contributed by atoms with van der Waals surface area (Å²) >= 11 is 0. The van der Waals surface area contributed by atoms with Crippen molar-refractivity contribution < 1.29 is 0 Å². The van der Waals surface area contributed by atoms with Gasteiger partial charge in [-0.25, -0.2) is 0 Å². The highest BCUT2D eigenvalue weighted by Gasteiger charge is 2.29. The zero-order valence-electron chi connectivity index (χ0n) is 11.0. The fourth-order valence-electron chi connectivity index (χ4n) is 3.08. The summed E-state index contributed by atoms with van der Waals surface area (Å²) in [5.74, 6) is 2.17. The van der Waals surface area contributed by atoms with E-state index in [1.54, 1.807) is 0 Å². The van der Waals surface area contributed by atoms with E-state index in [1.165, 1.54) is 31.2 Å². The van der Waals surface area contributed by atoms with Gasteiger partial charge in [-0.05, 0) is 55.7 Å². The molecule has 0 aliphatic heterocycles. The largest absolute Gasteiger partial charge is 0.330 e. The molecule has 2 heteroatoms. The van der Waals surface area contributed by atoms with Crippen LogP contribution in [-0.2, 0) is 0 Å². The molecule has 0 bridgehead atoms. The molecule has 1 aliphatic carbocycles. The minimum Gasteiger partial charge on any atom is -0.330 e. The summed E-state index contributed by atoms with van der Waals surface area (Å²) in [6.45, 7) is 5.16. The van der Waals surface area contributed by atoms with E-state index in [0.717, 1.165) is 18.2 Å². The van der Waals surface area contributed by atoms with E-state index in [2.05, 4.69) is 30.2 Å². The molecule has 94 valence electrons. The van der Waals surface area contributed by atoms with Gasteiger partial charge < -0.3 is 5.73 Å². The lowest BCUT2D eigenvalue weighted by molar-refractivity contribution is 0.235. The lowest BCUT2D eigenvalue weighted by Gasteiger charge is -2.35. The van der Waals surface area contributed by atoms with E-state index in [-0.39, 0.29) is 0 Å². The third-order valence-electron chi connectivity index (χ3n) is 4.34. The van der Waals surface area contributed by atoms with Gasteiger partial charge in [-0.1, -0.05) is 25.8 Å². The van der Waals surface area contributed by atoms with Gasteiger partial charge in [0, 0.05) is 11.9 Å². The lowest BCUT2D eigenvalue weighted by atomic mass is 9.71. The van der Waals surface area contributed by atoms with Crippen LogP contribution < -0.4 is 5.73 Å². The fourth-order valence-corrected chi connectivity index (χ4v) is 3.08. The lowest BCUT2D eigenvalue weighted by Crippen LogP contribution is -2.29. The topological polar surface area (TPSA) is 38.9 Å². The van der Waals surface area contributed by atoms with Gasteiger partial charge in [-0.15, -0.1) is 0 Å². The molecule has 0 amide bonds. The highest BCUT2D eigenvalue weighted by Crippen LogP contribution is 2.40. The van der Waals surface area contributed by atoms with Gasteiger partial charge in [0.15, 0.2) is 0 Å². The number of hydrogen-bond donors (Lipinski definition) is 1. The van der Waals surface area contributed by atoms with E-state index in [0.29, 0.717) is 11.8 Å². The molecular weight excluding hydrogens is 208 g/mol. The maximum atomic E-state index is 5.93. The number of aromatic nitrogens is 1. The van der Waals surface area contributed by atoms with Crippen LogP contribution in [0.4, 0.5) is 0 Å². The number of aryl methyl sites for hydroxylation is 1. The average molecular weight is 232 g/mol. The van der Waals surface area contributed by atoms with Crippen molar-refractivity contribution in [3.63, 3.8) is 0 Å². The second kappa shape index (κ2) is 5.63. The minimum atomic E-state index is 0.631. The zero-order valence-corrected chi connectivity index (χ0v) is 11.0. The first-order valence-corrected chi connectivity index (χ1v) is 6.87. The second-order valence-electron chi connectivity index (χ2n) is 5.42. The van der Waals surface area contributed by atoms with Crippen LogP contribution in [0.1, 0.15) is 49.8 Å². The molecule has 3 unspecified atom stereocenters. The molecule has 0 aromatic carbocycles. The predicted molar refractivity (Wildman–Crippen MR) is 71.9 cm³/mol. The molecule has 17 heavy (non-hydrogen) atoms. The molecule has 2 nitrogen and oxygen atoms in total. The molecule has 0 spiro atoms. The maximum absolute atomic E-state index is 5.93. The SMILES string of the molecule is CCC1CCC(CN)C(c2ccc(C)nc2)C1. The van der Waals surface area contributed by atoms with Crippen molar-refractivity contribution in [1.82, 2.24) is 4.98 Å². The molecule has 1 fully saturated rings. The van der Waals surface area contributed by atoms with E-state index < -0.39 is 0 Å². The van der Waals surface area contributed by atoms with E-state index in [1.807, 2.05) is 6.92 Å². The Morgan fingerprint density at radius 1 is 1.35 bits per heavy atom. The predicted octanol–water partition coefficient (Wildman–Crippen LogP) is 3.26. The van der Waals surface area contributed by atoms with Crippen LogP contribution in [0.25, 0.3) is 0 Å². The minimum absolute atomic E-state index is 0.631. The molecule has 2 rings (SSSR count). The monoisotopic (exact) mass is 232 g/mol. The number of nitrogens with zero attached hydrogens (tertiary/aromatic N) is 1. The molecule has 1 heterocycles. The van der Waals surface area contributed by atoms with Crippen molar-refractivity contribution >= 4 is 0 Å². The zero-order chi connectivity index (χ0) is 12.3. The van der Waals surface area contributed by atoms with E-state index in [4.69, 9.17) is 5.73 Å². The Morgan fingerprint density at radius 2 is 2.18 bits per heavy atom. The summed E-state index contributed by atoms with van der Waals surface area (Å²) < 4.78 is 0. The van der Waals surface area contributed by atoms with Gasteiger partial charge in [-0.3, -0.25) is 4.98 Å². The number of rotatable bonds is 3. The Balaban J connectivity index is 2.17. The third-order valence-corrected chi connectivity index (χ3v) is 4.34. The third kappa shape index (κ3) is 2.86. The maximum Gasteiger partial charge on any atom is 0.0372 e. The Kier molecular flexibility index (Phi) is 4.16. The van der Waals surface area contributed by atoms with Gasteiger partial charge in [-0.2, -0.15) is 0 Å². The van der Waals surface area contributed by atoms with Crippen molar-refractivity contribution in [3.8, 4) is 0 Å². The van der Waals surface area contributed by atoms with Crippen molar-refractivity contribution in [2.75, 3.05) is 6.54 Å². The molecule has 1 aliphatic rings. The highest BCUT2D eigenvalue weighted by molar-refractivity contribution is 5.19. The molecule has 2 N–H and O–H groups in total. The average Bonchev–Trinajstić information content (AvgIpc) is 2.39. The molecule has 0 saturated heterocycles.